The summed E-state index contributed by atoms with van der Waals surface area (Å²) in [4.78, 5) is 31.9. The van der Waals surface area contributed by atoms with E-state index in [1.54, 1.807) is 4.90 Å². The van der Waals surface area contributed by atoms with Crippen molar-refractivity contribution < 1.29 is 9.59 Å². The molecule has 3 rings (SSSR count). The third kappa shape index (κ3) is 4.41. The fourth-order valence-corrected chi connectivity index (χ4v) is 4.31. The van der Waals surface area contributed by atoms with E-state index >= 15 is 0 Å². The Morgan fingerprint density at radius 1 is 1.19 bits per heavy atom. The smallest absolute Gasteiger partial charge is 0.228 e. The predicted octanol–water partition coefficient (Wildman–Crippen LogP) is 2.62. The van der Waals surface area contributed by atoms with Gasteiger partial charge >= 0.3 is 0 Å². The molecule has 0 aromatic heterocycles. The van der Waals surface area contributed by atoms with Gasteiger partial charge in [0.05, 0.1) is 12.0 Å². The lowest BCUT2D eigenvalue weighted by Gasteiger charge is -2.40. The number of hydrogen-bond acceptors (Lipinski definition) is 3. The number of hydrogen-bond donors (Lipinski definition) is 0. The van der Waals surface area contributed by atoms with Crippen LogP contribution < -0.4 is 0 Å². The van der Waals surface area contributed by atoms with Gasteiger partial charge in [-0.15, -0.1) is 6.58 Å². The van der Waals surface area contributed by atoms with Crippen LogP contribution in [0.1, 0.15) is 36.4 Å². The fraction of sp³-hybridized carbons (Fsp3) is 0.545. The van der Waals surface area contributed by atoms with E-state index in [9.17, 15) is 9.59 Å². The fourth-order valence-electron chi connectivity index (χ4n) is 4.31. The SMILES string of the molecule is C=CCN1CCCN(C(=O)C2CCC(=O)N(C)C2c2ccc(C)cc2)CC1. The molecule has 0 aliphatic carbocycles. The van der Waals surface area contributed by atoms with Crippen LogP contribution in [0, 0.1) is 12.8 Å². The van der Waals surface area contributed by atoms with Crippen LogP contribution in [0.25, 0.3) is 0 Å². The van der Waals surface area contributed by atoms with Crippen LogP contribution in [0.2, 0.25) is 0 Å². The van der Waals surface area contributed by atoms with E-state index in [0.29, 0.717) is 12.8 Å². The Hall–Kier alpha value is -2.14. The van der Waals surface area contributed by atoms with Crippen LogP contribution in [0.5, 0.6) is 0 Å². The monoisotopic (exact) mass is 369 g/mol. The van der Waals surface area contributed by atoms with Crippen molar-refractivity contribution in [3.8, 4) is 0 Å². The number of piperidine rings is 1. The zero-order valence-electron chi connectivity index (χ0n) is 16.6. The standard InChI is InChI=1S/C22H31N3O2/c1-4-12-24-13-5-14-25(16-15-24)22(27)19-10-11-20(26)23(3)21(19)18-8-6-17(2)7-9-18/h4,6-9,19,21H,1,5,10-16H2,2-3H3. The molecule has 2 heterocycles. The maximum absolute atomic E-state index is 13.4. The number of rotatable bonds is 4. The van der Waals surface area contributed by atoms with Gasteiger partial charge in [0.1, 0.15) is 0 Å². The first-order valence-electron chi connectivity index (χ1n) is 9.95. The van der Waals surface area contributed by atoms with Gasteiger partial charge in [-0.25, -0.2) is 0 Å². The van der Waals surface area contributed by atoms with Crippen molar-refractivity contribution in [3.63, 3.8) is 0 Å². The molecule has 0 spiro atoms. The summed E-state index contributed by atoms with van der Waals surface area (Å²) < 4.78 is 0. The van der Waals surface area contributed by atoms with Gasteiger partial charge in [-0.1, -0.05) is 35.9 Å². The third-order valence-electron chi connectivity index (χ3n) is 5.88. The first-order chi connectivity index (χ1) is 13.0. The number of amides is 2. The second-order valence-electron chi connectivity index (χ2n) is 7.77. The van der Waals surface area contributed by atoms with Gasteiger partial charge < -0.3 is 9.80 Å². The van der Waals surface area contributed by atoms with Crippen molar-refractivity contribution in [1.29, 1.82) is 0 Å². The number of aryl methyl sites for hydroxylation is 1. The van der Waals surface area contributed by atoms with E-state index in [-0.39, 0.29) is 23.8 Å². The van der Waals surface area contributed by atoms with E-state index in [0.717, 1.165) is 44.7 Å². The molecule has 0 bridgehead atoms. The molecule has 2 fully saturated rings. The topological polar surface area (TPSA) is 43.9 Å². The van der Waals surface area contributed by atoms with E-state index < -0.39 is 0 Å². The first-order valence-corrected chi connectivity index (χ1v) is 9.95. The molecular formula is C22H31N3O2. The number of likely N-dealkylation sites (tertiary alicyclic amines) is 1. The zero-order valence-corrected chi connectivity index (χ0v) is 16.6. The summed E-state index contributed by atoms with van der Waals surface area (Å²) in [7, 11) is 1.83. The molecule has 2 amide bonds. The van der Waals surface area contributed by atoms with Gasteiger partial charge in [0.15, 0.2) is 0 Å². The van der Waals surface area contributed by atoms with Gasteiger partial charge in [-0.05, 0) is 25.3 Å². The molecule has 2 unspecified atom stereocenters. The predicted molar refractivity (Wildman–Crippen MR) is 107 cm³/mol. The summed E-state index contributed by atoms with van der Waals surface area (Å²) in [6, 6.07) is 8.06. The molecule has 2 aliphatic heterocycles. The summed E-state index contributed by atoms with van der Waals surface area (Å²) in [5, 5.41) is 0. The van der Waals surface area contributed by atoms with Gasteiger partial charge in [-0.3, -0.25) is 14.5 Å². The molecule has 1 aromatic rings. The second kappa shape index (κ2) is 8.70. The maximum atomic E-state index is 13.4. The van der Waals surface area contributed by atoms with Gasteiger partial charge in [-0.2, -0.15) is 0 Å². The van der Waals surface area contributed by atoms with Crippen LogP contribution in [0.3, 0.4) is 0 Å². The molecule has 5 nitrogen and oxygen atoms in total. The molecule has 2 atom stereocenters. The van der Waals surface area contributed by atoms with Crippen molar-refractivity contribution in [3.05, 3.63) is 48.0 Å². The van der Waals surface area contributed by atoms with Crippen molar-refractivity contribution in [2.45, 2.75) is 32.2 Å². The summed E-state index contributed by atoms with van der Waals surface area (Å²) in [6.45, 7) is 10.2. The Morgan fingerprint density at radius 3 is 2.63 bits per heavy atom. The van der Waals surface area contributed by atoms with Crippen LogP contribution in [0.4, 0.5) is 0 Å². The highest BCUT2D eigenvalue weighted by Gasteiger charge is 2.40. The van der Waals surface area contributed by atoms with Crippen LogP contribution >= 0.6 is 0 Å². The molecule has 5 heteroatoms. The summed E-state index contributed by atoms with van der Waals surface area (Å²) >= 11 is 0. The lowest BCUT2D eigenvalue weighted by Crippen LogP contribution is -2.48. The lowest BCUT2D eigenvalue weighted by atomic mass is 9.83. The van der Waals surface area contributed by atoms with Gasteiger partial charge in [0.2, 0.25) is 11.8 Å². The second-order valence-corrected chi connectivity index (χ2v) is 7.77. The number of nitrogens with zero attached hydrogens (tertiary/aromatic N) is 3. The minimum atomic E-state index is -0.174. The molecular weight excluding hydrogens is 338 g/mol. The highest BCUT2D eigenvalue weighted by molar-refractivity contribution is 5.85. The minimum Gasteiger partial charge on any atom is -0.341 e. The molecule has 0 radical (unpaired) electrons. The highest BCUT2D eigenvalue weighted by Crippen LogP contribution is 2.37. The van der Waals surface area contributed by atoms with Crippen molar-refractivity contribution in [2.24, 2.45) is 5.92 Å². The van der Waals surface area contributed by atoms with Crippen molar-refractivity contribution >= 4 is 11.8 Å². The molecule has 0 N–H and O–H groups in total. The quantitative estimate of drug-likeness (QED) is 0.767. The number of carbonyl (C=O) groups is 2. The van der Waals surface area contributed by atoms with Crippen LogP contribution in [0.15, 0.2) is 36.9 Å². The Labute approximate surface area is 162 Å². The van der Waals surface area contributed by atoms with E-state index in [1.807, 2.05) is 24.9 Å². The summed E-state index contributed by atoms with van der Waals surface area (Å²) in [5.74, 6) is 0.152. The minimum absolute atomic E-state index is 0.123. The van der Waals surface area contributed by atoms with Gasteiger partial charge in [0, 0.05) is 46.2 Å². The van der Waals surface area contributed by atoms with Crippen molar-refractivity contribution in [1.82, 2.24) is 14.7 Å². The molecule has 146 valence electrons. The average molecular weight is 370 g/mol. The Bertz CT molecular complexity index is 685. The Balaban J connectivity index is 1.79. The molecule has 2 saturated heterocycles. The number of carbonyl (C=O) groups excluding carboxylic acids is 2. The Kier molecular flexibility index (Phi) is 6.32. The van der Waals surface area contributed by atoms with Crippen LogP contribution in [-0.4, -0.2) is 66.3 Å². The van der Waals surface area contributed by atoms with Crippen LogP contribution in [-0.2, 0) is 9.59 Å². The van der Waals surface area contributed by atoms with E-state index in [1.165, 1.54) is 5.56 Å². The molecule has 27 heavy (non-hydrogen) atoms. The lowest BCUT2D eigenvalue weighted by molar-refractivity contribution is -0.146. The normalized spacial score (nSPS) is 24.6. The first kappa shape index (κ1) is 19.6. The molecule has 0 saturated carbocycles. The Morgan fingerprint density at radius 2 is 1.93 bits per heavy atom. The highest BCUT2D eigenvalue weighted by atomic mass is 16.2. The largest absolute Gasteiger partial charge is 0.341 e. The zero-order chi connectivity index (χ0) is 19.4. The number of benzene rings is 1. The average Bonchev–Trinajstić information content (AvgIpc) is 2.90. The van der Waals surface area contributed by atoms with E-state index in [2.05, 4.69) is 35.7 Å². The molecule has 2 aliphatic rings. The summed E-state index contributed by atoms with van der Waals surface area (Å²) in [6.07, 6.45) is 3.99. The maximum Gasteiger partial charge on any atom is 0.228 e. The summed E-state index contributed by atoms with van der Waals surface area (Å²) in [5.41, 5.74) is 2.24. The van der Waals surface area contributed by atoms with E-state index in [4.69, 9.17) is 0 Å². The van der Waals surface area contributed by atoms with Crippen molar-refractivity contribution in [2.75, 3.05) is 39.8 Å². The third-order valence-corrected chi connectivity index (χ3v) is 5.88. The molecule has 1 aromatic carbocycles. The van der Waals surface area contributed by atoms with Gasteiger partial charge in [0.25, 0.3) is 0 Å².